The summed E-state index contributed by atoms with van der Waals surface area (Å²) in [5.74, 6) is 1.31. The molecule has 0 saturated carbocycles. The summed E-state index contributed by atoms with van der Waals surface area (Å²) in [6.07, 6.45) is 1.42. The first kappa shape index (κ1) is 18.8. The van der Waals surface area contributed by atoms with E-state index in [9.17, 15) is 13.2 Å². The first-order chi connectivity index (χ1) is 13.5. The number of para-hydroxylation sites is 1. The average molecular weight is 402 g/mol. The van der Waals surface area contributed by atoms with Crippen LogP contribution in [0.5, 0.6) is 11.5 Å². The lowest BCUT2D eigenvalue weighted by atomic mass is 10.0. The maximum atomic E-state index is 12.9. The van der Waals surface area contributed by atoms with E-state index in [4.69, 9.17) is 9.47 Å². The summed E-state index contributed by atoms with van der Waals surface area (Å²) < 4.78 is 39.8. The third-order valence-corrected chi connectivity index (χ3v) is 6.38. The monoisotopic (exact) mass is 402 g/mol. The summed E-state index contributed by atoms with van der Waals surface area (Å²) in [5, 5.41) is 2.76. The van der Waals surface area contributed by atoms with Gasteiger partial charge >= 0.3 is 0 Å². The molecule has 0 aromatic heterocycles. The summed E-state index contributed by atoms with van der Waals surface area (Å²) >= 11 is 0. The molecule has 0 fully saturated rings. The molecule has 1 atom stereocenters. The van der Waals surface area contributed by atoms with E-state index in [1.807, 2.05) is 25.1 Å². The highest BCUT2D eigenvalue weighted by molar-refractivity contribution is 7.89. The molecule has 2 heterocycles. The quantitative estimate of drug-likeness (QED) is 0.800. The zero-order valence-corrected chi connectivity index (χ0v) is 16.3. The molecule has 2 aliphatic heterocycles. The number of aryl methyl sites for hydroxylation is 1. The maximum Gasteiger partial charge on any atom is 0.240 e. The molecule has 0 aliphatic carbocycles. The van der Waals surface area contributed by atoms with Crippen molar-refractivity contribution in [3.63, 3.8) is 0 Å². The normalized spacial score (nSPS) is 18.5. The Hall–Kier alpha value is -2.58. The molecule has 2 aromatic carbocycles. The number of carbonyl (C=O) groups excluding carboxylic acids is 1. The highest BCUT2D eigenvalue weighted by atomic mass is 32.2. The van der Waals surface area contributed by atoms with Crippen LogP contribution in [-0.2, 0) is 27.7 Å². The van der Waals surface area contributed by atoms with Crippen molar-refractivity contribution >= 4 is 21.6 Å². The second kappa shape index (κ2) is 7.44. The number of sulfonamides is 1. The van der Waals surface area contributed by atoms with Gasteiger partial charge in [0, 0.05) is 12.1 Å². The number of nitrogens with one attached hydrogen (secondary N) is 2. The standard InChI is InChI=1S/C20H22N2O5S/c1-2-26-18-5-3-4-14-10-15(12-27-20(14)18)22-28(24,25)16-7-8-17-13(11-16)6-9-19(23)21-17/h3-5,7-8,11,15,22H,2,6,9-10,12H2,1H3,(H,21,23)/t15-/m0/s1. The average Bonchev–Trinajstić information content (AvgIpc) is 2.67. The lowest BCUT2D eigenvalue weighted by Gasteiger charge is -2.27. The first-order valence-electron chi connectivity index (χ1n) is 9.29. The van der Waals surface area contributed by atoms with E-state index in [2.05, 4.69) is 10.0 Å². The van der Waals surface area contributed by atoms with Crippen LogP contribution in [0.4, 0.5) is 5.69 Å². The second-order valence-corrected chi connectivity index (χ2v) is 8.59. The predicted octanol–water partition coefficient (Wildman–Crippen LogP) is 2.25. The van der Waals surface area contributed by atoms with Crippen molar-refractivity contribution in [1.29, 1.82) is 0 Å². The SMILES string of the molecule is CCOc1cccc2c1OC[C@@H](NS(=O)(=O)c1ccc3c(c1)CCC(=O)N3)C2. The van der Waals surface area contributed by atoms with E-state index in [1.54, 1.807) is 12.1 Å². The van der Waals surface area contributed by atoms with Crippen LogP contribution in [-0.4, -0.2) is 33.6 Å². The van der Waals surface area contributed by atoms with Crippen LogP contribution in [0.15, 0.2) is 41.3 Å². The topological polar surface area (TPSA) is 93.7 Å². The van der Waals surface area contributed by atoms with Crippen molar-refractivity contribution in [1.82, 2.24) is 4.72 Å². The van der Waals surface area contributed by atoms with Crippen LogP contribution in [0.1, 0.15) is 24.5 Å². The number of ether oxygens (including phenoxy) is 2. The Kier molecular flexibility index (Phi) is 4.99. The fourth-order valence-corrected chi connectivity index (χ4v) is 4.82. The highest BCUT2D eigenvalue weighted by Gasteiger charge is 2.28. The fraction of sp³-hybridized carbons (Fsp3) is 0.350. The minimum Gasteiger partial charge on any atom is -0.490 e. The molecule has 0 bridgehead atoms. The Labute approximate surface area is 164 Å². The minimum atomic E-state index is -3.70. The lowest BCUT2D eigenvalue weighted by Crippen LogP contribution is -2.42. The number of hydrogen-bond acceptors (Lipinski definition) is 5. The summed E-state index contributed by atoms with van der Waals surface area (Å²) in [6, 6.07) is 10.0. The maximum absolute atomic E-state index is 12.9. The molecule has 4 rings (SSSR count). The molecule has 0 spiro atoms. The molecule has 148 valence electrons. The molecule has 2 aliphatic rings. The number of fused-ring (bicyclic) bond motifs is 2. The first-order valence-corrected chi connectivity index (χ1v) is 10.8. The Balaban J connectivity index is 1.51. The van der Waals surface area contributed by atoms with Crippen LogP contribution in [0, 0.1) is 0 Å². The fourth-order valence-electron chi connectivity index (χ4n) is 3.55. The van der Waals surface area contributed by atoms with E-state index < -0.39 is 10.0 Å². The van der Waals surface area contributed by atoms with Crippen LogP contribution >= 0.6 is 0 Å². The zero-order chi connectivity index (χ0) is 19.7. The minimum absolute atomic E-state index is 0.0503. The second-order valence-electron chi connectivity index (χ2n) is 6.88. The molecular weight excluding hydrogens is 380 g/mol. The molecule has 8 heteroatoms. The summed E-state index contributed by atoms with van der Waals surface area (Å²) in [7, 11) is -3.70. The van der Waals surface area contributed by atoms with Crippen LogP contribution < -0.4 is 19.5 Å². The Bertz CT molecular complexity index is 1020. The van der Waals surface area contributed by atoms with Gasteiger partial charge < -0.3 is 14.8 Å². The molecule has 0 radical (unpaired) electrons. The van der Waals surface area contributed by atoms with Crippen molar-refractivity contribution < 1.29 is 22.7 Å². The van der Waals surface area contributed by atoms with Gasteiger partial charge in [-0.05, 0) is 55.2 Å². The van der Waals surface area contributed by atoms with Crippen molar-refractivity contribution in [2.45, 2.75) is 37.1 Å². The van der Waals surface area contributed by atoms with E-state index in [1.165, 1.54) is 6.07 Å². The van der Waals surface area contributed by atoms with E-state index in [0.29, 0.717) is 43.1 Å². The van der Waals surface area contributed by atoms with E-state index in [0.717, 1.165) is 11.1 Å². The van der Waals surface area contributed by atoms with Gasteiger partial charge in [-0.2, -0.15) is 0 Å². The molecular formula is C20H22N2O5S. The van der Waals surface area contributed by atoms with Crippen molar-refractivity contribution in [3.8, 4) is 11.5 Å². The van der Waals surface area contributed by atoms with E-state index >= 15 is 0 Å². The Morgan fingerprint density at radius 2 is 2.07 bits per heavy atom. The van der Waals surface area contributed by atoms with Gasteiger partial charge in [0.15, 0.2) is 11.5 Å². The lowest BCUT2D eigenvalue weighted by molar-refractivity contribution is -0.116. The molecule has 0 unspecified atom stereocenters. The van der Waals surface area contributed by atoms with Crippen molar-refractivity contribution in [2.75, 3.05) is 18.5 Å². The van der Waals surface area contributed by atoms with E-state index in [-0.39, 0.29) is 23.5 Å². The smallest absolute Gasteiger partial charge is 0.240 e. The van der Waals surface area contributed by atoms with Gasteiger partial charge in [0.2, 0.25) is 15.9 Å². The Morgan fingerprint density at radius 3 is 2.89 bits per heavy atom. The predicted molar refractivity (Wildman–Crippen MR) is 104 cm³/mol. The summed E-state index contributed by atoms with van der Waals surface area (Å²) in [4.78, 5) is 11.7. The molecule has 2 N–H and O–H groups in total. The van der Waals surface area contributed by atoms with Crippen LogP contribution in [0.2, 0.25) is 0 Å². The van der Waals surface area contributed by atoms with Crippen LogP contribution in [0.25, 0.3) is 0 Å². The van der Waals surface area contributed by atoms with Gasteiger partial charge in [-0.3, -0.25) is 4.79 Å². The van der Waals surface area contributed by atoms with Gasteiger partial charge in [0.1, 0.15) is 6.61 Å². The molecule has 28 heavy (non-hydrogen) atoms. The number of benzene rings is 2. The van der Waals surface area contributed by atoms with Crippen molar-refractivity contribution in [3.05, 3.63) is 47.5 Å². The molecule has 0 saturated heterocycles. The number of carbonyl (C=O) groups is 1. The van der Waals surface area contributed by atoms with Gasteiger partial charge in [-0.15, -0.1) is 0 Å². The number of anilines is 1. The van der Waals surface area contributed by atoms with Gasteiger partial charge in [-0.1, -0.05) is 12.1 Å². The zero-order valence-electron chi connectivity index (χ0n) is 15.5. The summed E-state index contributed by atoms with van der Waals surface area (Å²) in [5.41, 5.74) is 2.42. The number of amides is 1. The van der Waals surface area contributed by atoms with Crippen LogP contribution in [0.3, 0.4) is 0 Å². The summed E-state index contributed by atoms with van der Waals surface area (Å²) in [6.45, 7) is 2.68. The third kappa shape index (κ3) is 3.70. The molecule has 2 aromatic rings. The Morgan fingerprint density at radius 1 is 1.21 bits per heavy atom. The van der Waals surface area contributed by atoms with Gasteiger partial charge in [0.05, 0.1) is 17.5 Å². The molecule has 1 amide bonds. The third-order valence-electron chi connectivity index (χ3n) is 4.86. The number of hydrogen-bond donors (Lipinski definition) is 2. The van der Waals surface area contributed by atoms with Gasteiger partial charge in [0.25, 0.3) is 0 Å². The van der Waals surface area contributed by atoms with Crippen molar-refractivity contribution in [2.24, 2.45) is 0 Å². The molecule has 7 nitrogen and oxygen atoms in total. The largest absolute Gasteiger partial charge is 0.490 e. The number of rotatable bonds is 5. The highest BCUT2D eigenvalue weighted by Crippen LogP contribution is 2.35. The van der Waals surface area contributed by atoms with Gasteiger partial charge in [-0.25, -0.2) is 13.1 Å².